The van der Waals surface area contributed by atoms with Crippen LogP contribution in [-0.2, 0) is 6.54 Å². The Bertz CT molecular complexity index is 367. The summed E-state index contributed by atoms with van der Waals surface area (Å²) in [5, 5.41) is 9.47. The zero-order chi connectivity index (χ0) is 9.10. The number of halogens is 1. The average Bonchev–Trinajstić information content (AvgIpc) is 2.72. The second kappa shape index (κ2) is 4.13. The molecule has 0 aliphatic rings. The summed E-state index contributed by atoms with van der Waals surface area (Å²) in [6.07, 6.45) is 0. The molecule has 0 unspecified atom stereocenters. The molecular formula is C9H8ClNS2. The van der Waals surface area contributed by atoms with Gasteiger partial charge in [0.1, 0.15) is 4.34 Å². The molecule has 0 radical (unpaired) electrons. The van der Waals surface area contributed by atoms with Crippen molar-refractivity contribution in [2.75, 3.05) is 5.32 Å². The van der Waals surface area contributed by atoms with Crippen molar-refractivity contribution < 1.29 is 0 Å². The Labute approximate surface area is 90.0 Å². The molecule has 4 heteroatoms. The van der Waals surface area contributed by atoms with Crippen LogP contribution in [0.5, 0.6) is 0 Å². The van der Waals surface area contributed by atoms with E-state index in [0.717, 1.165) is 16.6 Å². The summed E-state index contributed by atoms with van der Waals surface area (Å²) in [7, 11) is 0. The molecule has 0 saturated heterocycles. The first kappa shape index (κ1) is 9.06. The van der Waals surface area contributed by atoms with Crippen LogP contribution in [0.25, 0.3) is 0 Å². The molecule has 0 aliphatic heterocycles. The highest BCUT2D eigenvalue weighted by Crippen LogP contribution is 2.28. The van der Waals surface area contributed by atoms with Gasteiger partial charge in [0.2, 0.25) is 0 Å². The van der Waals surface area contributed by atoms with Crippen molar-refractivity contribution in [3.8, 4) is 0 Å². The van der Waals surface area contributed by atoms with Crippen LogP contribution in [0.4, 0.5) is 5.69 Å². The van der Waals surface area contributed by atoms with Crippen molar-refractivity contribution in [3.63, 3.8) is 0 Å². The monoisotopic (exact) mass is 229 g/mol. The van der Waals surface area contributed by atoms with Gasteiger partial charge in [-0.3, -0.25) is 0 Å². The second-order valence-electron chi connectivity index (χ2n) is 2.59. The third-order valence-electron chi connectivity index (χ3n) is 1.68. The molecule has 0 aliphatic carbocycles. The van der Waals surface area contributed by atoms with Crippen LogP contribution in [-0.4, -0.2) is 0 Å². The number of hydrogen-bond acceptors (Lipinski definition) is 3. The lowest BCUT2D eigenvalue weighted by Crippen LogP contribution is -1.96. The Morgan fingerprint density at radius 1 is 1.31 bits per heavy atom. The normalized spacial score (nSPS) is 10.2. The van der Waals surface area contributed by atoms with Crippen LogP contribution in [0.3, 0.4) is 0 Å². The van der Waals surface area contributed by atoms with Crippen molar-refractivity contribution in [1.82, 2.24) is 0 Å². The smallest absolute Gasteiger partial charge is 0.116 e. The number of anilines is 1. The first-order valence-corrected chi connectivity index (χ1v) is 6.04. The summed E-state index contributed by atoms with van der Waals surface area (Å²) in [5.74, 6) is 0. The number of thiophene rings is 2. The van der Waals surface area contributed by atoms with E-state index in [1.807, 2.05) is 11.4 Å². The van der Waals surface area contributed by atoms with E-state index < -0.39 is 0 Å². The van der Waals surface area contributed by atoms with Crippen molar-refractivity contribution in [2.24, 2.45) is 0 Å². The van der Waals surface area contributed by atoms with Crippen LogP contribution in [0, 0.1) is 0 Å². The van der Waals surface area contributed by atoms with Gasteiger partial charge in [-0.1, -0.05) is 11.6 Å². The summed E-state index contributed by atoms with van der Waals surface area (Å²) >= 11 is 9.20. The van der Waals surface area contributed by atoms with Gasteiger partial charge < -0.3 is 5.32 Å². The molecule has 0 atom stereocenters. The zero-order valence-electron chi connectivity index (χ0n) is 6.79. The zero-order valence-corrected chi connectivity index (χ0v) is 9.18. The minimum absolute atomic E-state index is 0.829. The fourth-order valence-corrected chi connectivity index (χ4v) is 2.55. The maximum Gasteiger partial charge on any atom is 0.116 e. The highest BCUT2D eigenvalue weighted by molar-refractivity contribution is 7.15. The third-order valence-corrected chi connectivity index (χ3v) is 3.58. The maximum absolute atomic E-state index is 5.94. The molecule has 1 nitrogen and oxygen atoms in total. The highest BCUT2D eigenvalue weighted by atomic mass is 35.5. The van der Waals surface area contributed by atoms with Gasteiger partial charge in [-0.25, -0.2) is 0 Å². The lowest BCUT2D eigenvalue weighted by Gasteiger charge is -2.01. The Morgan fingerprint density at radius 2 is 2.23 bits per heavy atom. The number of hydrogen-bond donors (Lipinski definition) is 1. The van der Waals surface area contributed by atoms with Crippen LogP contribution < -0.4 is 5.32 Å². The third kappa shape index (κ3) is 2.24. The van der Waals surface area contributed by atoms with Gasteiger partial charge in [0.05, 0.1) is 5.69 Å². The number of rotatable bonds is 3. The molecular weight excluding hydrogens is 222 g/mol. The Hall–Kier alpha value is -0.510. The standard InChI is InChI=1S/C9H8ClNS2/c10-9-8(2-4-13-9)11-5-7-1-3-12-6-7/h1-4,6,11H,5H2. The lowest BCUT2D eigenvalue weighted by atomic mass is 10.3. The molecule has 68 valence electrons. The molecule has 13 heavy (non-hydrogen) atoms. The summed E-state index contributed by atoms with van der Waals surface area (Å²) in [5.41, 5.74) is 2.32. The SMILES string of the molecule is Clc1sccc1NCc1ccsc1. The van der Waals surface area contributed by atoms with Gasteiger partial charge in [0.15, 0.2) is 0 Å². The van der Waals surface area contributed by atoms with Gasteiger partial charge in [-0.2, -0.15) is 11.3 Å². The van der Waals surface area contributed by atoms with Crippen LogP contribution >= 0.6 is 34.3 Å². The van der Waals surface area contributed by atoms with Crippen molar-refractivity contribution in [1.29, 1.82) is 0 Å². The van der Waals surface area contributed by atoms with Crippen molar-refractivity contribution in [2.45, 2.75) is 6.54 Å². The largest absolute Gasteiger partial charge is 0.379 e. The predicted octanol–water partition coefficient (Wildman–Crippen LogP) is 4.08. The van der Waals surface area contributed by atoms with E-state index in [2.05, 4.69) is 22.1 Å². The summed E-state index contributed by atoms with van der Waals surface area (Å²) in [4.78, 5) is 0. The van der Waals surface area contributed by atoms with E-state index in [0.29, 0.717) is 0 Å². The van der Waals surface area contributed by atoms with E-state index in [1.54, 1.807) is 22.7 Å². The molecule has 2 aromatic heterocycles. The quantitative estimate of drug-likeness (QED) is 0.837. The highest BCUT2D eigenvalue weighted by Gasteiger charge is 2.00. The summed E-state index contributed by atoms with van der Waals surface area (Å²) in [6.45, 7) is 0.847. The molecule has 1 N–H and O–H groups in total. The average molecular weight is 230 g/mol. The molecule has 0 spiro atoms. The minimum atomic E-state index is 0.829. The summed E-state index contributed by atoms with van der Waals surface area (Å²) < 4.78 is 0.829. The predicted molar refractivity (Wildman–Crippen MR) is 61.0 cm³/mol. The van der Waals surface area contributed by atoms with Crippen LogP contribution in [0.1, 0.15) is 5.56 Å². The van der Waals surface area contributed by atoms with E-state index in [1.165, 1.54) is 5.56 Å². The van der Waals surface area contributed by atoms with Crippen LogP contribution in [0.2, 0.25) is 4.34 Å². The van der Waals surface area contributed by atoms with E-state index in [-0.39, 0.29) is 0 Å². The molecule has 0 amide bonds. The van der Waals surface area contributed by atoms with Crippen molar-refractivity contribution >= 4 is 40.0 Å². The Balaban J connectivity index is 1.97. The minimum Gasteiger partial charge on any atom is -0.379 e. The van der Waals surface area contributed by atoms with Crippen LogP contribution in [0.15, 0.2) is 28.3 Å². The maximum atomic E-state index is 5.94. The Kier molecular flexibility index (Phi) is 2.88. The van der Waals surface area contributed by atoms with Gasteiger partial charge in [-0.15, -0.1) is 11.3 Å². The summed E-state index contributed by atoms with van der Waals surface area (Å²) in [6, 6.07) is 4.11. The van der Waals surface area contributed by atoms with Crippen molar-refractivity contribution in [3.05, 3.63) is 38.2 Å². The molecule has 0 saturated carbocycles. The first-order chi connectivity index (χ1) is 6.36. The fraction of sp³-hybridized carbons (Fsp3) is 0.111. The van der Waals surface area contributed by atoms with Gasteiger partial charge >= 0.3 is 0 Å². The Morgan fingerprint density at radius 3 is 2.85 bits per heavy atom. The van der Waals surface area contributed by atoms with Gasteiger partial charge in [0, 0.05) is 6.54 Å². The van der Waals surface area contributed by atoms with Gasteiger partial charge in [0.25, 0.3) is 0 Å². The molecule has 2 rings (SSSR count). The molecule has 0 fully saturated rings. The molecule has 0 bridgehead atoms. The second-order valence-corrected chi connectivity index (χ2v) is 4.89. The number of nitrogens with one attached hydrogen (secondary N) is 1. The molecule has 2 heterocycles. The molecule has 0 aromatic carbocycles. The van der Waals surface area contributed by atoms with E-state index in [4.69, 9.17) is 11.6 Å². The molecule has 2 aromatic rings. The van der Waals surface area contributed by atoms with Gasteiger partial charge in [-0.05, 0) is 33.8 Å². The lowest BCUT2D eigenvalue weighted by molar-refractivity contribution is 1.17. The van der Waals surface area contributed by atoms with E-state index in [9.17, 15) is 0 Å². The van der Waals surface area contributed by atoms with E-state index >= 15 is 0 Å². The first-order valence-electron chi connectivity index (χ1n) is 3.84. The topological polar surface area (TPSA) is 12.0 Å². The fourth-order valence-electron chi connectivity index (χ4n) is 1.01.